The van der Waals surface area contributed by atoms with Gasteiger partial charge in [0.2, 0.25) is 10.0 Å². The van der Waals surface area contributed by atoms with Gasteiger partial charge in [0.25, 0.3) is 5.69 Å². The van der Waals surface area contributed by atoms with Gasteiger partial charge in [-0.25, -0.2) is 8.42 Å². The molecule has 1 atom stereocenters. The van der Waals surface area contributed by atoms with E-state index in [0.29, 0.717) is 24.0 Å². The molecule has 0 radical (unpaired) electrons. The lowest BCUT2D eigenvalue weighted by Gasteiger charge is -2.28. The highest BCUT2D eigenvalue weighted by atomic mass is 32.2. The summed E-state index contributed by atoms with van der Waals surface area (Å²) in [6.07, 6.45) is 6.97. The Morgan fingerprint density at radius 1 is 1.15 bits per heavy atom. The van der Waals surface area contributed by atoms with Crippen molar-refractivity contribution in [1.82, 2.24) is 4.31 Å². The van der Waals surface area contributed by atoms with E-state index in [4.69, 9.17) is 0 Å². The fourth-order valence-electron chi connectivity index (χ4n) is 3.67. The van der Waals surface area contributed by atoms with Crippen LogP contribution in [0, 0.1) is 10.1 Å². The van der Waals surface area contributed by atoms with Gasteiger partial charge in [0.05, 0.1) is 10.6 Å². The van der Waals surface area contributed by atoms with Crippen LogP contribution in [0.3, 0.4) is 0 Å². The molecule has 144 valence electrons. The molecule has 2 aliphatic heterocycles. The number of sulfonamides is 1. The third kappa shape index (κ3) is 3.99. The van der Waals surface area contributed by atoms with Crippen molar-refractivity contribution in [3.8, 4) is 0 Å². The number of anilines is 1. The molecular weight excluding hydrogens is 374 g/mol. The Bertz CT molecular complexity index is 763. The first-order chi connectivity index (χ1) is 12.4. The fourth-order valence-corrected chi connectivity index (χ4v) is 6.15. The highest BCUT2D eigenvalue weighted by Gasteiger charge is 2.33. The second-order valence-electron chi connectivity index (χ2n) is 6.82. The average molecular weight is 400 g/mol. The lowest BCUT2D eigenvalue weighted by atomic mass is 10.2. The molecule has 0 N–H and O–H groups in total. The molecule has 7 nitrogen and oxygen atoms in total. The van der Waals surface area contributed by atoms with Gasteiger partial charge in [0.1, 0.15) is 4.90 Å². The summed E-state index contributed by atoms with van der Waals surface area (Å²) in [4.78, 5) is 12.9. The Morgan fingerprint density at radius 3 is 2.50 bits per heavy atom. The van der Waals surface area contributed by atoms with E-state index in [1.807, 2.05) is 0 Å². The van der Waals surface area contributed by atoms with E-state index in [1.54, 1.807) is 17.8 Å². The van der Waals surface area contributed by atoms with E-state index in [0.717, 1.165) is 45.2 Å². The maximum Gasteiger partial charge on any atom is 0.270 e. The Balaban J connectivity index is 2.05. The largest absolute Gasteiger partial charge is 0.369 e. The first kappa shape index (κ1) is 19.4. The minimum Gasteiger partial charge on any atom is -0.369 e. The van der Waals surface area contributed by atoms with Gasteiger partial charge in [-0.2, -0.15) is 16.1 Å². The predicted molar refractivity (Wildman–Crippen MR) is 104 cm³/mol. The van der Waals surface area contributed by atoms with Crippen LogP contribution in [-0.2, 0) is 10.0 Å². The third-order valence-electron chi connectivity index (χ3n) is 5.14. The summed E-state index contributed by atoms with van der Waals surface area (Å²) in [6, 6.07) is 4.27. The zero-order valence-electron chi connectivity index (χ0n) is 15.0. The minimum atomic E-state index is -3.73. The Kier molecular flexibility index (Phi) is 6.09. The zero-order valence-corrected chi connectivity index (χ0v) is 16.6. The standard InChI is InChI=1S/C17H25N3O4S2/c1-25-15-6-2-3-9-18(13-15)16-8-7-14(20(21)22)12-17(16)26(23,24)19-10-4-5-11-19/h7-8,12,15H,2-6,9-11,13H2,1H3. The van der Waals surface area contributed by atoms with E-state index in [1.165, 1.54) is 16.4 Å². The van der Waals surface area contributed by atoms with Crippen LogP contribution >= 0.6 is 11.8 Å². The quantitative estimate of drug-likeness (QED) is 0.559. The van der Waals surface area contributed by atoms with E-state index in [9.17, 15) is 18.5 Å². The maximum atomic E-state index is 13.2. The zero-order chi connectivity index (χ0) is 18.7. The maximum absolute atomic E-state index is 13.2. The SMILES string of the molecule is CSC1CCCCN(c2ccc([N+](=O)[O-])cc2S(=O)(=O)N2CCCC2)C1. The van der Waals surface area contributed by atoms with Gasteiger partial charge in [0.15, 0.2) is 0 Å². The van der Waals surface area contributed by atoms with Crippen LogP contribution in [0.4, 0.5) is 11.4 Å². The first-order valence-corrected chi connectivity index (χ1v) is 11.7. The van der Waals surface area contributed by atoms with Gasteiger partial charge in [0, 0.05) is 43.6 Å². The number of nitro groups is 1. The molecule has 3 rings (SSSR count). The number of hydrogen-bond donors (Lipinski definition) is 0. The molecule has 9 heteroatoms. The number of benzene rings is 1. The molecule has 2 aliphatic rings. The van der Waals surface area contributed by atoms with Crippen LogP contribution in [0.1, 0.15) is 32.1 Å². The molecule has 26 heavy (non-hydrogen) atoms. The summed E-state index contributed by atoms with van der Waals surface area (Å²) in [7, 11) is -3.73. The number of rotatable bonds is 5. The normalized spacial score (nSPS) is 22.3. The monoisotopic (exact) mass is 399 g/mol. The molecule has 0 aliphatic carbocycles. The molecule has 1 aromatic rings. The van der Waals surface area contributed by atoms with Gasteiger partial charge in [-0.15, -0.1) is 0 Å². The van der Waals surface area contributed by atoms with Gasteiger partial charge in [-0.1, -0.05) is 6.42 Å². The summed E-state index contributed by atoms with van der Waals surface area (Å²) >= 11 is 1.79. The van der Waals surface area contributed by atoms with Crippen LogP contribution in [0.2, 0.25) is 0 Å². The Morgan fingerprint density at radius 2 is 1.85 bits per heavy atom. The van der Waals surface area contributed by atoms with E-state index < -0.39 is 14.9 Å². The second-order valence-corrected chi connectivity index (χ2v) is 9.86. The first-order valence-electron chi connectivity index (χ1n) is 9.00. The molecule has 0 bridgehead atoms. The number of non-ortho nitro benzene ring substituents is 1. The molecule has 2 heterocycles. The number of nitrogens with zero attached hydrogens (tertiary/aromatic N) is 3. The van der Waals surface area contributed by atoms with Crippen LogP contribution < -0.4 is 4.90 Å². The highest BCUT2D eigenvalue weighted by molar-refractivity contribution is 7.99. The summed E-state index contributed by atoms with van der Waals surface area (Å²) < 4.78 is 27.8. The summed E-state index contributed by atoms with van der Waals surface area (Å²) in [5, 5.41) is 11.7. The van der Waals surface area contributed by atoms with Crippen LogP contribution in [0.5, 0.6) is 0 Å². The Hall–Kier alpha value is -1.32. The van der Waals surface area contributed by atoms with E-state index in [2.05, 4.69) is 11.2 Å². The molecule has 1 unspecified atom stereocenters. The predicted octanol–water partition coefficient (Wildman–Crippen LogP) is 3.10. The van der Waals surface area contributed by atoms with Crippen molar-refractivity contribution in [2.75, 3.05) is 37.3 Å². The van der Waals surface area contributed by atoms with Crippen molar-refractivity contribution in [3.63, 3.8) is 0 Å². The van der Waals surface area contributed by atoms with Crippen LogP contribution in [-0.4, -0.2) is 55.3 Å². The van der Waals surface area contributed by atoms with Crippen molar-refractivity contribution in [2.45, 2.75) is 42.2 Å². The van der Waals surface area contributed by atoms with E-state index in [-0.39, 0.29) is 10.6 Å². The van der Waals surface area contributed by atoms with Gasteiger partial charge in [-0.05, 0) is 38.0 Å². The third-order valence-corrected chi connectivity index (χ3v) is 8.12. The van der Waals surface area contributed by atoms with Crippen molar-refractivity contribution < 1.29 is 13.3 Å². The fraction of sp³-hybridized carbons (Fsp3) is 0.647. The lowest BCUT2D eigenvalue weighted by Crippen LogP contribution is -2.33. The Labute approximate surface area is 158 Å². The molecule has 0 saturated carbocycles. The molecule has 0 aromatic heterocycles. The van der Waals surface area contributed by atoms with Crippen molar-refractivity contribution in [2.24, 2.45) is 0 Å². The van der Waals surface area contributed by atoms with Crippen molar-refractivity contribution >= 4 is 33.2 Å². The topological polar surface area (TPSA) is 83.8 Å². The molecule has 0 amide bonds. The molecular formula is C17H25N3O4S2. The molecule has 0 spiro atoms. The smallest absolute Gasteiger partial charge is 0.270 e. The number of thioether (sulfide) groups is 1. The highest BCUT2D eigenvalue weighted by Crippen LogP contribution is 2.35. The van der Waals surface area contributed by atoms with Crippen LogP contribution in [0.25, 0.3) is 0 Å². The average Bonchev–Trinajstić information content (AvgIpc) is 3.07. The lowest BCUT2D eigenvalue weighted by molar-refractivity contribution is -0.385. The summed E-state index contributed by atoms with van der Waals surface area (Å²) in [6.45, 7) is 2.51. The minimum absolute atomic E-state index is 0.0790. The van der Waals surface area contributed by atoms with Crippen molar-refractivity contribution in [3.05, 3.63) is 28.3 Å². The van der Waals surface area contributed by atoms with Gasteiger partial charge in [-0.3, -0.25) is 10.1 Å². The van der Waals surface area contributed by atoms with Crippen LogP contribution in [0.15, 0.2) is 23.1 Å². The second kappa shape index (κ2) is 8.14. The summed E-state index contributed by atoms with van der Waals surface area (Å²) in [5.41, 5.74) is 0.422. The molecule has 2 saturated heterocycles. The number of nitro benzene ring substituents is 1. The van der Waals surface area contributed by atoms with Gasteiger partial charge >= 0.3 is 0 Å². The van der Waals surface area contributed by atoms with Gasteiger partial charge < -0.3 is 4.90 Å². The molecule has 1 aromatic carbocycles. The summed E-state index contributed by atoms with van der Waals surface area (Å²) in [5.74, 6) is 0. The number of hydrogen-bond acceptors (Lipinski definition) is 6. The molecule has 2 fully saturated rings. The van der Waals surface area contributed by atoms with Crippen molar-refractivity contribution in [1.29, 1.82) is 0 Å². The van der Waals surface area contributed by atoms with E-state index >= 15 is 0 Å².